The molecule has 0 fully saturated rings. The summed E-state index contributed by atoms with van der Waals surface area (Å²) < 4.78 is 26.1. The third-order valence-corrected chi connectivity index (χ3v) is 5.29. The van der Waals surface area contributed by atoms with E-state index in [0.717, 1.165) is 10.4 Å². The predicted octanol–water partition coefficient (Wildman–Crippen LogP) is 1.09. The summed E-state index contributed by atoms with van der Waals surface area (Å²) in [6, 6.07) is 4.13. The fourth-order valence-electron chi connectivity index (χ4n) is 1.67. The largest absolute Gasteiger partial charge is 0.478 e. The second-order valence-electron chi connectivity index (χ2n) is 4.75. The molecule has 1 rings (SSSR count). The molecule has 1 aromatic rings. The summed E-state index contributed by atoms with van der Waals surface area (Å²) >= 11 is 0. The van der Waals surface area contributed by atoms with E-state index < -0.39 is 22.0 Å². The highest BCUT2D eigenvalue weighted by Crippen LogP contribution is 2.22. The topological polar surface area (TPSA) is 94.9 Å². The highest BCUT2D eigenvalue weighted by molar-refractivity contribution is 7.89. The van der Waals surface area contributed by atoms with Gasteiger partial charge in [0.05, 0.1) is 11.5 Å². The van der Waals surface area contributed by atoms with E-state index in [4.69, 9.17) is 10.2 Å². The molecular formula is C14H19NO5S. The van der Waals surface area contributed by atoms with Gasteiger partial charge in [-0.3, -0.25) is 0 Å². The van der Waals surface area contributed by atoms with E-state index in [-0.39, 0.29) is 11.5 Å². The molecule has 0 aliphatic heterocycles. The van der Waals surface area contributed by atoms with Gasteiger partial charge in [-0.2, -0.15) is 4.31 Å². The number of nitrogens with zero attached hydrogens (tertiary/aromatic N) is 1. The zero-order chi connectivity index (χ0) is 16.2. The number of carboxylic acid groups (broad SMARTS) is 1. The molecule has 1 aromatic carbocycles. The first-order valence-corrected chi connectivity index (χ1v) is 7.74. The Balaban J connectivity index is 3.29. The van der Waals surface area contributed by atoms with Gasteiger partial charge in [0.1, 0.15) is 0 Å². The number of aryl methyl sites for hydroxylation is 1. The number of aliphatic carboxylic acids is 1. The summed E-state index contributed by atoms with van der Waals surface area (Å²) in [5.74, 6) is -1.11. The average molecular weight is 313 g/mol. The van der Waals surface area contributed by atoms with Crippen molar-refractivity contribution in [1.82, 2.24) is 4.31 Å². The number of carboxylic acids is 1. The van der Waals surface area contributed by atoms with Crippen molar-refractivity contribution < 1.29 is 23.4 Å². The molecule has 2 N–H and O–H groups in total. The lowest BCUT2D eigenvalue weighted by Gasteiger charge is -2.23. The molecule has 7 heteroatoms. The van der Waals surface area contributed by atoms with Crippen LogP contribution in [0.4, 0.5) is 0 Å². The van der Waals surface area contributed by atoms with Crippen molar-refractivity contribution in [2.24, 2.45) is 0 Å². The first-order valence-electron chi connectivity index (χ1n) is 6.30. The van der Waals surface area contributed by atoms with Crippen LogP contribution in [0.5, 0.6) is 0 Å². The number of likely N-dealkylation sites (N-methyl/N-ethyl adjacent to an activating group) is 1. The number of hydrogen-bond acceptors (Lipinski definition) is 4. The molecule has 0 amide bonds. The molecule has 0 aliphatic rings. The molecule has 1 atom stereocenters. The van der Waals surface area contributed by atoms with Crippen LogP contribution in [0.25, 0.3) is 6.08 Å². The summed E-state index contributed by atoms with van der Waals surface area (Å²) in [6.45, 7) is 2.98. The number of sulfonamides is 1. The van der Waals surface area contributed by atoms with Crippen LogP contribution in [-0.2, 0) is 14.8 Å². The van der Waals surface area contributed by atoms with Gasteiger partial charge in [0.25, 0.3) is 0 Å². The van der Waals surface area contributed by atoms with Gasteiger partial charge in [-0.25, -0.2) is 13.2 Å². The summed E-state index contributed by atoms with van der Waals surface area (Å²) in [6.07, 6.45) is 2.28. The lowest BCUT2D eigenvalue weighted by atomic mass is 10.1. The van der Waals surface area contributed by atoms with Crippen LogP contribution in [0, 0.1) is 6.92 Å². The van der Waals surface area contributed by atoms with Gasteiger partial charge in [0.15, 0.2) is 0 Å². The van der Waals surface area contributed by atoms with Crippen LogP contribution in [0.15, 0.2) is 29.2 Å². The highest BCUT2D eigenvalue weighted by Gasteiger charge is 2.26. The molecule has 0 saturated carbocycles. The number of carbonyl (C=O) groups is 1. The summed E-state index contributed by atoms with van der Waals surface area (Å²) in [7, 11) is -2.35. The molecule has 0 aromatic heterocycles. The minimum absolute atomic E-state index is 0.0952. The molecule has 0 bridgehead atoms. The Labute approximate surface area is 124 Å². The maximum absolute atomic E-state index is 12.5. The van der Waals surface area contributed by atoms with E-state index >= 15 is 0 Å². The van der Waals surface area contributed by atoms with Crippen molar-refractivity contribution in [2.45, 2.75) is 24.8 Å². The van der Waals surface area contributed by atoms with Gasteiger partial charge in [-0.1, -0.05) is 12.1 Å². The molecule has 0 radical (unpaired) electrons. The molecular weight excluding hydrogens is 294 g/mol. The van der Waals surface area contributed by atoms with Gasteiger partial charge in [0, 0.05) is 19.2 Å². The number of aliphatic hydroxyl groups excluding tert-OH is 1. The Bertz CT molecular complexity index is 651. The zero-order valence-electron chi connectivity index (χ0n) is 12.1. The highest BCUT2D eigenvalue weighted by atomic mass is 32.2. The Kier molecular flexibility index (Phi) is 5.65. The molecule has 0 heterocycles. The zero-order valence-corrected chi connectivity index (χ0v) is 13.0. The standard InChI is InChI=1S/C14H19NO5S/c1-10-4-5-12(6-7-14(17)18)8-13(10)21(19,20)15(3)11(2)9-16/h4-8,11,16H,9H2,1-3H3,(H,17,18)/b7-6+. The van der Waals surface area contributed by atoms with E-state index in [2.05, 4.69) is 0 Å². The van der Waals surface area contributed by atoms with Crippen LogP contribution in [0.1, 0.15) is 18.1 Å². The van der Waals surface area contributed by atoms with Crippen molar-refractivity contribution >= 4 is 22.1 Å². The second-order valence-corrected chi connectivity index (χ2v) is 6.72. The Morgan fingerprint density at radius 1 is 1.43 bits per heavy atom. The maximum atomic E-state index is 12.5. The lowest BCUT2D eigenvalue weighted by Crippen LogP contribution is -2.37. The Morgan fingerprint density at radius 3 is 2.57 bits per heavy atom. The fraction of sp³-hybridized carbons (Fsp3) is 0.357. The number of benzene rings is 1. The van der Waals surface area contributed by atoms with Gasteiger partial charge in [-0.05, 0) is 37.1 Å². The van der Waals surface area contributed by atoms with Crippen molar-refractivity contribution in [3.63, 3.8) is 0 Å². The average Bonchev–Trinajstić information content (AvgIpc) is 2.44. The molecule has 6 nitrogen and oxygen atoms in total. The summed E-state index contributed by atoms with van der Waals surface area (Å²) in [5.41, 5.74) is 1.03. The summed E-state index contributed by atoms with van der Waals surface area (Å²) in [5, 5.41) is 17.7. The van der Waals surface area contributed by atoms with Crippen LogP contribution >= 0.6 is 0 Å². The Morgan fingerprint density at radius 2 is 2.05 bits per heavy atom. The minimum Gasteiger partial charge on any atom is -0.478 e. The van der Waals surface area contributed by atoms with Gasteiger partial charge >= 0.3 is 5.97 Å². The maximum Gasteiger partial charge on any atom is 0.328 e. The first-order chi connectivity index (χ1) is 9.70. The monoisotopic (exact) mass is 313 g/mol. The predicted molar refractivity (Wildman–Crippen MR) is 79.3 cm³/mol. The third kappa shape index (κ3) is 4.13. The van der Waals surface area contributed by atoms with Crippen LogP contribution in [-0.4, -0.2) is 48.6 Å². The second kappa shape index (κ2) is 6.84. The van der Waals surface area contributed by atoms with Crippen molar-refractivity contribution in [3.05, 3.63) is 35.4 Å². The lowest BCUT2D eigenvalue weighted by molar-refractivity contribution is -0.131. The van der Waals surface area contributed by atoms with Gasteiger partial charge in [-0.15, -0.1) is 0 Å². The molecule has 21 heavy (non-hydrogen) atoms. The molecule has 116 valence electrons. The smallest absolute Gasteiger partial charge is 0.328 e. The van der Waals surface area contributed by atoms with Crippen LogP contribution in [0.3, 0.4) is 0 Å². The molecule has 0 aliphatic carbocycles. The number of aliphatic hydroxyl groups is 1. The van der Waals surface area contributed by atoms with Crippen molar-refractivity contribution in [2.75, 3.05) is 13.7 Å². The summed E-state index contributed by atoms with van der Waals surface area (Å²) in [4.78, 5) is 10.6. The third-order valence-electron chi connectivity index (χ3n) is 3.17. The van der Waals surface area contributed by atoms with E-state index in [9.17, 15) is 13.2 Å². The fourth-order valence-corrected chi connectivity index (χ4v) is 3.28. The van der Waals surface area contributed by atoms with Gasteiger partial charge < -0.3 is 10.2 Å². The SMILES string of the molecule is Cc1ccc(/C=C/C(=O)O)cc1S(=O)(=O)N(C)C(C)CO. The number of rotatable bonds is 6. The van der Waals surface area contributed by atoms with E-state index in [1.54, 1.807) is 26.0 Å². The Hall–Kier alpha value is -1.70. The van der Waals surface area contributed by atoms with Gasteiger partial charge in [0.2, 0.25) is 10.0 Å². The molecule has 0 saturated heterocycles. The van der Waals surface area contributed by atoms with Crippen molar-refractivity contribution in [3.8, 4) is 0 Å². The van der Waals surface area contributed by atoms with Crippen LogP contribution < -0.4 is 0 Å². The quantitative estimate of drug-likeness (QED) is 0.767. The van der Waals surface area contributed by atoms with E-state index in [1.807, 2.05) is 0 Å². The molecule has 1 unspecified atom stereocenters. The molecule has 0 spiro atoms. The minimum atomic E-state index is -3.75. The van der Waals surface area contributed by atoms with E-state index in [1.165, 1.54) is 19.2 Å². The van der Waals surface area contributed by atoms with E-state index in [0.29, 0.717) is 11.1 Å². The van der Waals surface area contributed by atoms with Crippen LogP contribution in [0.2, 0.25) is 0 Å². The van der Waals surface area contributed by atoms with Crippen molar-refractivity contribution in [1.29, 1.82) is 0 Å². The normalized spacial score (nSPS) is 13.8. The number of hydrogen-bond donors (Lipinski definition) is 2. The first kappa shape index (κ1) is 17.4.